The number of carbonyl (C=O) groups excluding carboxylic acids is 1. The van der Waals surface area contributed by atoms with Crippen LogP contribution in [0.2, 0.25) is 0 Å². The standard InChI is InChI=1S/C18H18N2O5S/c21-17-9-6-13-11-14(7-8-15(13)19-17)26(24,25)20-16(18(22)23)10-12-4-2-1-3-5-12/h1-5,7-8,11,16,20H,6,9-10H2,(H,19,21)(H,22,23)/t16-/m1/s1. The van der Waals surface area contributed by atoms with Gasteiger partial charge in [0.2, 0.25) is 15.9 Å². The van der Waals surface area contributed by atoms with Gasteiger partial charge in [-0.2, -0.15) is 4.72 Å². The van der Waals surface area contributed by atoms with E-state index in [1.807, 2.05) is 0 Å². The van der Waals surface area contributed by atoms with Gasteiger partial charge in [-0.05, 0) is 42.2 Å². The van der Waals surface area contributed by atoms with Crippen LogP contribution in [0.25, 0.3) is 0 Å². The number of carbonyl (C=O) groups is 2. The average molecular weight is 374 g/mol. The monoisotopic (exact) mass is 374 g/mol. The molecule has 3 rings (SSSR count). The van der Waals surface area contributed by atoms with Crippen molar-refractivity contribution in [3.8, 4) is 0 Å². The van der Waals surface area contributed by atoms with Crippen LogP contribution in [0, 0.1) is 0 Å². The van der Waals surface area contributed by atoms with Crippen molar-refractivity contribution in [2.24, 2.45) is 0 Å². The predicted molar refractivity (Wildman–Crippen MR) is 95.3 cm³/mol. The first-order valence-electron chi connectivity index (χ1n) is 8.07. The van der Waals surface area contributed by atoms with Gasteiger partial charge in [-0.15, -0.1) is 0 Å². The SMILES string of the molecule is O=C1CCc2cc(S(=O)(=O)N[C@H](Cc3ccccc3)C(=O)O)ccc2N1. The number of hydrogen-bond acceptors (Lipinski definition) is 4. The van der Waals surface area contributed by atoms with E-state index >= 15 is 0 Å². The van der Waals surface area contributed by atoms with E-state index in [0.29, 0.717) is 17.7 Å². The van der Waals surface area contributed by atoms with Crippen molar-refractivity contribution in [1.29, 1.82) is 0 Å². The molecule has 0 unspecified atom stereocenters. The van der Waals surface area contributed by atoms with E-state index in [1.54, 1.807) is 30.3 Å². The van der Waals surface area contributed by atoms with E-state index in [0.717, 1.165) is 5.56 Å². The summed E-state index contributed by atoms with van der Waals surface area (Å²) in [4.78, 5) is 22.9. The summed E-state index contributed by atoms with van der Waals surface area (Å²) in [5.74, 6) is -1.36. The number of benzene rings is 2. The number of hydrogen-bond donors (Lipinski definition) is 3. The van der Waals surface area contributed by atoms with E-state index in [4.69, 9.17) is 0 Å². The van der Waals surface area contributed by atoms with Crippen LogP contribution >= 0.6 is 0 Å². The summed E-state index contributed by atoms with van der Waals surface area (Å²) in [6.45, 7) is 0. The van der Waals surface area contributed by atoms with Gasteiger partial charge in [0, 0.05) is 12.1 Å². The molecule has 0 saturated carbocycles. The molecule has 0 spiro atoms. The molecule has 0 bridgehead atoms. The number of fused-ring (bicyclic) bond motifs is 1. The molecule has 1 heterocycles. The number of amides is 1. The Kier molecular flexibility index (Phi) is 5.06. The second-order valence-corrected chi connectivity index (χ2v) is 7.78. The summed E-state index contributed by atoms with van der Waals surface area (Å²) in [5.41, 5.74) is 2.01. The Morgan fingerprint density at radius 3 is 2.58 bits per heavy atom. The molecule has 1 amide bonds. The normalized spacial score (nSPS) is 15.0. The Bertz CT molecular complexity index is 941. The van der Waals surface area contributed by atoms with E-state index in [-0.39, 0.29) is 23.6 Å². The van der Waals surface area contributed by atoms with Crippen LogP contribution < -0.4 is 10.0 Å². The zero-order valence-corrected chi connectivity index (χ0v) is 14.6. The summed E-state index contributed by atoms with van der Waals surface area (Å²) < 4.78 is 27.5. The van der Waals surface area contributed by atoms with Gasteiger partial charge in [0.25, 0.3) is 0 Å². The van der Waals surface area contributed by atoms with Gasteiger partial charge in [-0.1, -0.05) is 30.3 Å². The average Bonchev–Trinajstić information content (AvgIpc) is 2.61. The molecule has 8 heteroatoms. The topological polar surface area (TPSA) is 113 Å². The highest BCUT2D eigenvalue weighted by Gasteiger charge is 2.27. The lowest BCUT2D eigenvalue weighted by Gasteiger charge is -2.19. The second-order valence-electron chi connectivity index (χ2n) is 6.07. The number of sulfonamides is 1. The fourth-order valence-electron chi connectivity index (χ4n) is 2.81. The lowest BCUT2D eigenvalue weighted by Crippen LogP contribution is -2.42. The number of anilines is 1. The summed E-state index contributed by atoms with van der Waals surface area (Å²) in [6, 6.07) is 11.9. The summed E-state index contributed by atoms with van der Waals surface area (Å²) >= 11 is 0. The third-order valence-corrected chi connectivity index (χ3v) is 5.63. The number of nitrogens with one attached hydrogen (secondary N) is 2. The Hall–Kier alpha value is -2.71. The summed E-state index contributed by atoms with van der Waals surface area (Å²) in [6.07, 6.45) is 0.767. The number of aliphatic carboxylic acids is 1. The van der Waals surface area contributed by atoms with Crippen LogP contribution in [0.4, 0.5) is 5.69 Å². The van der Waals surface area contributed by atoms with Gasteiger partial charge in [-0.3, -0.25) is 9.59 Å². The lowest BCUT2D eigenvalue weighted by molar-refractivity contribution is -0.138. The van der Waals surface area contributed by atoms with Crippen LogP contribution in [0.3, 0.4) is 0 Å². The van der Waals surface area contributed by atoms with Crippen molar-refractivity contribution in [2.75, 3.05) is 5.32 Å². The molecule has 0 saturated heterocycles. The van der Waals surface area contributed by atoms with Gasteiger partial charge in [0.15, 0.2) is 0 Å². The first kappa shape index (κ1) is 18.1. The Morgan fingerprint density at radius 2 is 1.88 bits per heavy atom. The summed E-state index contributed by atoms with van der Waals surface area (Å²) in [5, 5.41) is 12.1. The van der Waals surface area contributed by atoms with Crippen LogP contribution in [-0.2, 0) is 32.5 Å². The Labute approximate surface area is 151 Å². The smallest absolute Gasteiger partial charge is 0.322 e. The van der Waals surface area contributed by atoms with E-state index in [2.05, 4.69) is 10.0 Å². The fraction of sp³-hybridized carbons (Fsp3) is 0.222. The fourth-order valence-corrected chi connectivity index (χ4v) is 4.05. The largest absolute Gasteiger partial charge is 0.480 e. The highest BCUT2D eigenvalue weighted by atomic mass is 32.2. The van der Waals surface area contributed by atoms with Crippen LogP contribution in [0.1, 0.15) is 17.5 Å². The quantitative estimate of drug-likeness (QED) is 0.710. The molecule has 1 atom stereocenters. The number of carboxylic acids is 1. The summed E-state index contributed by atoms with van der Waals surface area (Å²) in [7, 11) is -4.02. The van der Waals surface area contributed by atoms with E-state index in [9.17, 15) is 23.1 Å². The molecular weight excluding hydrogens is 356 g/mol. The Morgan fingerprint density at radius 1 is 1.15 bits per heavy atom. The van der Waals surface area contributed by atoms with Crippen molar-refractivity contribution in [1.82, 2.24) is 4.72 Å². The minimum Gasteiger partial charge on any atom is -0.480 e. The Balaban J connectivity index is 1.82. The molecule has 26 heavy (non-hydrogen) atoms. The van der Waals surface area contributed by atoms with Crippen LogP contribution in [0.5, 0.6) is 0 Å². The second kappa shape index (κ2) is 7.27. The molecule has 0 fully saturated rings. The molecular formula is C18H18N2O5S. The van der Waals surface area contributed by atoms with Crippen molar-refractivity contribution in [3.63, 3.8) is 0 Å². The molecule has 7 nitrogen and oxygen atoms in total. The van der Waals surface area contributed by atoms with Gasteiger partial charge < -0.3 is 10.4 Å². The van der Waals surface area contributed by atoms with Gasteiger partial charge in [0.05, 0.1) is 4.90 Å². The molecule has 0 aliphatic carbocycles. The van der Waals surface area contributed by atoms with E-state index in [1.165, 1.54) is 18.2 Å². The third-order valence-electron chi connectivity index (χ3n) is 4.16. The molecule has 3 N–H and O–H groups in total. The van der Waals surface area contributed by atoms with Gasteiger partial charge in [0.1, 0.15) is 6.04 Å². The molecule has 0 aromatic heterocycles. The number of aryl methyl sites for hydroxylation is 1. The van der Waals surface area contributed by atoms with E-state index < -0.39 is 22.0 Å². The van der Waals surface area contributed by atoms with Crippen molar-refractivity contribution < 1.29 is 23.1 Å². The molecule has 0 radical (unpaired) electrons. The first-order valence-corrected chi connectivity index (χ1v) is 9.55. The minimum absolute atomic E-state index is 0.0216. The first-order chi connectivity index (χ1) is 12.3. The van der Waals surface area contributed by atoms with Crippen molar-refractivity contribution in [2.45, 2.75) is 30.2 Å². The molecule has 1 aliphatic rings. The third kappa shape index (κ3) is 4.09. The molecule has 1 aliphatic heterocycles. The molecule has 2 aromatic rings. The predicted octanol–water partition coefficient (Wildman–Crippen LogP) is 1.55. The number of carboxylic acid groups (broad SMARTS) is 1. The van der Waals surface area contributed by atoms with Crippen LogP contribution in [-0.4, -0.2) is 31.4 Å². The molecule has 2 aromatic carbocycles. The van der Waals surface area contributed by atoms with Crippen LogP contribution in [0.15, 0.2) is 53.4 Å². The lowest BCUT2D eigenvalue weighted by atomic mass is 10.0. The minimum atomic E-state index is -4.02. The number of rotatable bonds is 6. The highest BCUT2D eigenvalue weighted by molar-refractivity contribution is 7.89. The van der Waals surface area contributed by atoms with Crippen molar-refractivity contribution >= 4 is 27.6 Å². The zero-order chi connectivity index (χ0) is 18.7. The maximum atomic E-state index is 12.6. The zero-order valence-electron chi connectivity index (χ0n) is 13.8. The molecule has 136 valence electrons. The van der Waals surface area contributed by atoms with Gasteiger partial charge in [-0.25, -0.2) is 8.42 Å². The highest BCUT2D eigenvalue weighted by Crippen LogP contribution is 2.25. The maximum Gasteiger partial charge on any atom is 0.322 e. The van der Waals surface area contributed by atoms with Crippen molar-refractivity contribution in [3.05, 3.63) is 59.7 Å². The maximum absolute atomic E-state index is 12.6. The van der Waals surface area contributed by atoms with Gasteiger partial charge >= 0.3 is 5.97 Å².